The Morgan fingerprint density at radius 3 is 2.56 bits per heavy atom. The van der Waals surface area contributed by atoms with E-state index in [0.29, 0.717) is 30.9 Å². The van der Waals surface area contributed by atoms with Crippen LogP contribution in [0.25, 0.3) is 0 Å². The molecule has 0 aromatic heterocycles. The maximum absolute atomic E-state index is 12.7. The molecule has 0 spiro atoms. The Hall–Kier alpha value is -3.53. The summed E-state index contributed by atoms with van der Waals surface area (Å²) < 4.78 is 29.3. The molecule has 0 aliphatic carbocycles. The highest BCUT2D eigenvalue weighted by atomic mass is 32.2. The molecule has 2 aromatic carbocycles. The van der Waals surface area contributed by atoms with Gasteiger partial charge in [0.25, 0.3) is 10.0 Å². The molecule has 9 nitrogen and oxygen atoms in total. The number of nitrogens with zero attached hydrogens (tertiary/aromatic N) is 4. The fraction of sp³-hybridized carbons (Fsp3) is 0.333. The van der Waals surface area contributed by atoms with Crippen LogP contribution in [0.3, 0.4) is 0 Å². The Morgan fingerprint density at radius 1 is 1.03 bits per heavy atom. The van der Waals surface area contributed by atoms with E-state index in [-0.39, 0.29) is 29.6 Å². The van der Waals surface area contributed by atoms with Gasteiger partial charge >= 0.3 is 0 Å². The number of likely N-dealkylation sites (tertiary alicyclic amines) is 1. The van der Waals surface area contributed by atoms with Crippen LogP contribution in [0.5, 0.6) is 0 Å². The quantitative estimate of drug-likeness (QED) is 0.654. The first kappa shape index (κ1) is 23.6. The zero-order valence-corrected chi connectivity index (χ0v) is 19.8. The maximum Gasteiger partial charge on any atom is 0.284 e. The van der Waals surface area contributed by atoms with E-state index < -0.39 is 10.0 Å². The van der Waals surface area contributed by atoms with Gasteiger partial charge in [0.1, 0.15) is 5.84 Å². The number of rotatable bonds is 7. The average molecular weight is 482 g/mol. The molecule has 1 fully saturated rings. The van der Waals surface area contributed by atoms with E-state index in [2.05, 4.69) is 14.8 Å². The third-order valence-electron chi connectivity index (χ3n) is 5.74. The number of sulfonamides is 1. The van der Waals surface area contributed by atoms with Gasteiger partial charge in [0.15, 0.2) is 0 Å². The molecule has 0 bridgehead atoms. The normalized spacial score (nSPS) is 17.2. The molecule has 178 valence electrons. The van der Waals surface area contributed by atoms with Crippen LogP contribution in [0.2, 0.25) is 0 Å². The zero-order chi connectivity index (χ0) is 24.1. The second-order valence-electron chi connectivity index (χ2n) is 8.26. The van der Waals surface area contributed by atoms with Crippen LogP contribution in [0.15, 0.2) is 69.0 Å². The van der Waals surface area contributed by atoms with E-state index >= 15 is 0 Å². The summed E-state index contributed by atoms with van der Waals surface area (Å²) in [7, 11) is -2.07. The highest BCUT2D eigenvalue weighted by molar-refractivity contribution is 7.90. The van der Waals surface area contributed by atoms with Crippen molar-refractivity contribution < 1.29 is 18.0 Å². The summed E-state index contributed by atoms with van der Waals surface area (Å²) in [6.45, 7) is 1.27. The van der Waals surface area contributed by atoms with Gasteiger partial charge in [0.2, 0.25) is 11.8 Å². The second kappa shape index (κ2) is 10.2. The van der Waals surface area contributed by atoms with E-state index in [9.17, 15) is 18.0 Å². The molecule has 2 aliphatic heterocycles. The van der Waals surface area contributed by atoms with Crippen LogP contribution >= 0.6 is 0 Å². The lowest BCUT2D eigenvalue weighted by atomic mass is 10.1. The van der Waals surface area contributed by atoms with E-state index in [1.807, 2.05) is 42.3 Å². The molecule has 2 amide bonds. The molecule has 2 aromatic rings. The highest BCUT2D eigenvalue weighted by Crippen LogP contribution is 2.21. The van der Waals surface area contributed by atoms with Crippen LogP contribution in [-0.4, -0.2) is 61.8 Å². The first-order valence-electron chi connectivity index (χ1n) is 11.2. The van der Waals surface area contributed by atoms with Gasteiger partial charge in [0.05, 0.1) is 17.2 Å². The summed E-state index contributed by atoms with van der Waals surface area (Å²) in [6.07, 6.45) is 2.14. The lowest BCUT2D eigenvalue weighted by molar-refractivity contribution is -0.132. The van der Waals surface area contributed by atoms with Crippen molar-refractivity contribution in [1.82, 2.24) is 9.91 Å². The van der Waals surface area contributed by atoms with Crippen LogP contribution in [-0.2, 0) is 19.6 Å². The average Bonchev–Trinajstić information content (AvgIpc) is 3.48. The second-order valence-corrected chi connectivity index (χ2v) is 9.87. The summed E-state index contributed by atoms with van der Waals surface area (Å²) >= 11 is 0. The number of benzene rings is 2. The fourth-order valence-corrected chi connectivity index (χ4v) is 5.02. The van der Waals surface area contributed by atoms with Crippen molar-refractivity contribution in [3.8, 4) is 0 Å². The summed E-state index contributed by atoms with van der Waals surface area (Å²) in [5.74, 6) is -0.0712. The van der Waals surface area contributed by atoms with Gasteiger partial charge < -0.3 is 10.2 Å². The molecule has 34 heavy (non-hydrogen) atoms. The lowest BCUT2D eigenvalue weighted by Gasteiger charge is -2.12. The molecule has 2 aliphatic rings. The first-order chi connectivity index (χ1) is 16.3. The van der Waals surface area contributed by atoms with E-state index in [1.165, 1.54) is 17.1 Å². The smallest absolute Gasteiger partial charge is 0.284 e. The van der Waals surface area contributed by atoms with Gasteiger partial charge in [0, 0.05) is 45.0 Å². The Kier molecular flexibility index (Phi) is 7.06. The van der Waals surface area contributed by atoms with Crippen LogP contribution in [0.4, 0.5) is 5.69 Å². The number of anilines is 1. The molecular formula is C24H27N5O4S. The molecule has 0 saturated carbocycles. The number of hydrogen-bond acceptors (Lipinski definition) is 5. The predicted octanol–water partition coefficient (Wildman–Crippen LogP) is 2.85. The molecular weight excluding hydrogens is 454 g/mol. The SMILES string of the molecule is CN1CCC/C1=N\S(=O)(=O)c1cccc(NC(=O)CCC(=O)N2CCC(c3ccccc3)=N2)c1. The van der Waals surface area contributed by atoms with Crippen molar-refractivity contribution >= 4 is 39.1 Å². The third-order valence-corrected chi connectivity index (χ3v) is 7.04. The van der Waals surface area contributed by atoms with Crippen molar-refractivity contribution in [3.63, 3.8) is 0 Å². The Bertz CT molecular complexity index is 1240. The fourth-order valence-electron chi connectivity index (χ4n) is 3.88. The summed E-state index contributed by atoms with van der Waals surface area (Å²) in [4.78, 5) is 26.7. The minimum atomic E-state index is -3.88. The number of hydrogen-bond donors (Lipinski definition) is 1. The monoisotopic (exact) mass is 481 g/mol. The maximum atomic E-state index is 12.7. The lowest BCUT2D eigenvalue weighted by Crippen LogP contribution is -2.25. The molecule has 0 atom stereocenters. The van der Waals surface area contributed by atoms with Crippen molar-refractivity contribution in [3.05, 3.63) is 60.2 Å². The largest absolute Gasteiger partial charge is 0.362 e. The third kappa shape index (κ3) is 5.69. The van der Waals surface area contributed by atoms with Crippen molar-refractivity contribution in [2.24, 2.45) is 9.50 Å². The molecule has 0 radical (unpaired) electrons. The van der Waals surface area contributed by atoms with Gasteiger partial charge in [-0.1, -0.05) is 36.4 Å². The first-order valence-corrected chi connectivity index (χ1v) is 12.6. The van der Waals surface area contributed by atoms with Crippen molar-refractivity contribution in [2.75, 3.05) is 25.5 Å². The number of carbonyl (C=O) groups is 2. The van der Waals surface area contributed by atoms with Crippen LogP contribution in [0.1, 0.15) is 37.7 Å². The number of hydrazone groups is 1. The molecule has 1 N–H and O–H groups in total. The Morgan fingerprint density at radius 2 is 1.82 bits per heavy atom. The van der Waals surface area contributed by atoms with Gasteiger partial charge in [-0.3, -0.25) is 9.59 Å². The topological polar surface area (TPSA) is 112 Å². The number of amidine groups is 1. The van der Waals surface area contributed by atoms with Gasteiger partial charge in [-0.2, -0.15) is 13.5 Å². The van der Waals surface area contributed by atoms with E-state index in [1.54, 1.807) is 12.1 Å². The molecule has 4 rings (SSSR count). The van der Waals surface area contributed by atoms with Crippen molar-refractivity contribution in [1.29, 1.82) is 0 Å². The minimum absolute atomic E-state index is 0.00835. The van der Waals surface area contributed by atoms with Crippen LogP contribution < -0.4 is 5.32 Å². The number of carbonyl (C=O) groups excluding carboxylic acids is 2. The van der Waals surface area contributed by atoms with Crippen molar-refractivity contribution in [2.45, 2.75) is 37.0 Å². The number of amides is 2. The zero-order valence-electron chi connectivity index (χ0n) is 19.0. The molecule has 2 heterocycles. The van der Waals surface area contributed by atoms with Gasteiger partial charge in [-0.25, -0.2) is 5.01 Å². The molecule has 10 heteroatoms. The summed E-state index contributed by atoms with van der Waals surface area (Å²) in [5, 5.41) is 8.47. The van der Waals surface area contributed by atoms with E-state index in [4.69, 9.17) is 0 Å². The Balaban J connectivity index is 1.33. The Labute approximate surface area is 199 Å². The molecule has 1 saturated heterocycles. The van der Waals surface area contributed by atoms with Gasteiger partial charge in [-0.15, -0.1) is 4.40 Å². The van der Waals surface area contributed by atoms with E-state index in [0.717, 1.165) is 24.2 Å². The standard InChI is InChI=1S/C24H27N5O4S/c1-28-15-6-11-22(28)27-34(32,33)20-10-5-9-19(17-20)25-23(30)12-13-24(31)29-16-14-21(26-29)18-7-3-2-4-8-18/h2-5,7-10,17H,6,11-16H2,1H3,(H,25,30)/b27-22+. The summed E-state index contributed by atoms with van der Waals surface area (Å²) in [5.41, 5.74) is 2.17. The summed E-state index contributed by atoms with van der Waals surface area (Å²) in [6, 6.07) is 15.7. The predicted molar refractivity (Wildman–Crippen MR) is 130 cm³/mol. The van der Waals surface area contributed by atoms with Gasteiger partial charge in [-0.05, 0) is 30.2 Å². The van der Waals surface area contributed by atoms with Crippen LogP contribution in [0, 0.1) is 0 Å². The minimum Gasteiger partial charge on any atom is -0.362 e. The molecule has 0 unspecified atom stereocenters. The highest BCUT2D eigenvalue weighted by Gasteiger charge is 2.23. The number of nitrogens with one attached hydrogen (secondary N) is 1.